The van der Waals surface area contributed by atoms with Crippen molar-refractivity contribution in [2.24, 2.45) is 5.92 Å². The molecule has 1 aliphatic rings. The molecule has 2 heteroatoms. The van der Waals surface area contributed by atoms with Gasteiger partial charge in [0.1, 0.15) is 0 Å². The van der Waals surface area contributed by atoms with Crippen LogP contribution in [0.5, 0.6) is 0 Å². The lowest BCUT2D eigenvalue weighted by atomic mass is 9.85. The molecule has 0 aromatic rings. The van der Waals surface area contributed by atoms with Crippen LogP contribution in [0.25, 0.3) is 0 Å². The van der Waals surface area contributed by atoms with Crippen LogP contribution in [0.15, 0.2) is 0 Å². The van der Waals surface area contributed by atoms with Gasteiger partial charge in [-0.05, 0) is 32.2 Å². The number of aliphatic hydroxyl groups excluding tert-OH is 1. The quantitative estimate of drug-likeness (QED) is 0.677. The van der Waals surface area contributed by atoms with Crippen LogP contribution >= 0.6 is 0 Å². The molecule has 0 aromatic carbocycles. The van der Waals surface area contributed by atoms with Crippen LogP contribution in [0.1, 0.15) is 33.1 Å². The lowest BCUT2D eigenvalue weighted by Gasteiger charge is -2.32. The molecule has 2 nitrogen and oxygen atoms in total. The van der Waals surface area contributed by atoms with Gasteiger partial charge < -0.3 is 10.0 Å². The average molecular weight is 171 g/mol. The predicted octanol–water partition coefficient (Wildman–Crippen LogP) is 1.49. The van der Waals surface area contributed by atoms with Gasteiger partial charge in [-0.3, -0.25) is 0 Å². The summed E-state index contributed by atoms with van der Waals surface area (Å²) in [6.45, 7) is 7.14. The van der Waals surface area contributed by atoms with Crippen molar-refractivity contribution < 1.29 is 5.11 Å². The van der Waals surface area contributed by atoms with E-state index in [1.54, 1.807) is 0 Å². The van der Waals surface area contributed by atoms with Crippen LogP contribution in [-0.2, 0) is 0 Å². The molecule has 0 aromatic heterocycles. The first-order chi connectivity index (χ1) is 5.72. The van der Waals surface area contributed by atoms with E-state index in [4.69, 9.17) is 0 Å². The molecule has 1 atom stereocenters. The molecule has 0 radical (unpaired) electrons. The zero-order chi connectivity index (χ0) is 8.97. The van der Waals surface area contributed by atoms with Gasteiger partial charge in [0.25, 0.3) is 0 Å². The van der Waals surface area contributed by atoms with Gasteiger partial charge in [0.05, 0.1) is 6.10 Å². The summed E-state index contributed by atoms with van der Waals surface area (Å²) in [5.41, 5.74) is 0. The fraction of sp³-hybridized carbons (Fsp3) is 1.00. The first kappa shape index (κ1) is 10.0. The zero-order valence-corrected chi connectivity index (χ0v) is 8.29. The minimum atomic E-state index is -0.176. The number of aliphatic hydroxyl groups is 1. The molecule has 1 saturated carbocycles. The molecule has 0 spiro atoms. The minimum absolute atomic E-state index is 0.176. The van der Waals surface area contributed by atoms with Crippen molar-refractivity contribution in [2.45, 2.75) is 39.2 Å². The molecule has 0 saturated heterocycles. The van der Waals surface area contributed by atoms with Crippen molar-refractivity contribution in [3.05, 3.63) is 0 Å². The number of rotatable bonds is 5. The van der Waals surface area contributed by atoms with Gasteiger partial charge in [-0.15, -0.1) is 0 Å². The van der Waals surface area contributed by atoms with E-state index in [0.717, 1.165) is 19.0 Å². The van der Waals surface area contributed by atoms with Crippen molar-refractivity contribution in [1.82, 2.24) is 4.90 Å². The fourth-order valence-corrected chi connectivity index (χ4v) is 1.75. The number of hydrogen-bond donors (Lipinski definition) is 1. The molecule has 1 N–H and O–H groups in total. The largest absolute Gasteiger partial charge is 0.392 e. The highest BCUT2D eigenvalue weighted by Crippen LogP contribution is 2.26. The third-order valence-electron chi connectivity index (χ3n) is 2.71. The predicted molar refractivity (Wildman–Crippen MR) is 51.1 cm³/mol. The second kappa shape index (κ2) is 4.83. The summed E-state index contributed by atoms with van der Waals surface area (Å²) in [4.78, 5) is 2.36. The first-order valence-corrected chi connectivity index (χ1v) is 5.12. The van der Waals surface area contributed by atoms with E-state index in [1.165, 1.54) is 25.8 Å². The lowest BCUT2D eigenvalue weighted by molar-refractivity contribution is 0.105. The van der Waals surface area contributed by atoms with E-state index in [2.05, 4.69) is 11.8 Å². The van der Waals surface area contributed by atoms with Crippen LogP contribution < -0.4 is 0 Å². The molecule has 72 valence electrons. The Morgan fingerprint density at radius 3 is 2.50 bits per heavy atom. The van der Waals surface area contributed by atoms with E-state index in [-0.39, 0.29) is 6.10 Å². The Bertz CT molecular complexity index is 121. The van der Waals surface area contributed by atoms with E-state index in [9.17, 15) is 5.11 Å². The molecule has 1 unspecified atom stereocenters. The molecule has 1 rings (SSSR count). The summed E-state index contributed by atoms with van der Waals surface area (Å²) < 4.78 is 0. The Balaban J connectivity index is 2.15. The standard InChI is InChI=1S/C10H21NO/c1-3-11(7-9(2)12)8-10-5-4-6-10/h9-10,12H,3-8H2,1-2H3. The van der Waals surface area contributed by atoms with Gasteiger partial charge in [-0.1, -0.05) is 13.3 Å². The van der Waals surface area contributed by atoms with Gasteiger partial charge in [0.2, 0.25) is 0 Å². The van der Waals surface area contributed by atoms with Crippen LogP contribution in [0.3, 0.4) is 0 Å². The SMILES string of the molecule is CCN(CC(C)O)CC1CCC1. The van der Waals surface area contributed by atoms with Gasteiger partial charge in [0.15, 0.2) is 0 Å². The molecular formula is C10H21NO. The van der Waals surface area contributed by atoms with Crippen molar-refractivity contribution in [3.63, 3.8) is 0 Å². The van der Waals surface area contributed by atoms with E-state index < -0.39 is 0 Å². The van der Waals surface area contributed by atoms with Crippen LogP contribution in [0.4, 0.5) is 0 Å². The molecular weight excluding hydrogens is 150 g/mol. The summed E-state index contributed by atoms with van der Waals surface area (Å²) in [6.07, 6.45) is 4.04. The number of hydrogen-bond acceptors (Lipinski definition) is 2. The van der Waals surface area contributed by atoms with Crippen molar-refractivity contribution >= 4 is 0 Å². The van der Waals surface area contributed by atoms with E-state index in [1.807, 2.05) is 6.92 Å². The third-order valence-corrected chi connectivity index (χ3v) is 2.71. The molecule has 0 bridgehead atoms. The summed E-state index contributed by atoms with van der Waals surface area (Å²) in [5.74, 6) is 0.920. The minimum Gasteiger partial charge on any atom is -0.392 e. The van der Waals surface area contributed by atoms with Crippen molar-refractivity contribution in [1.29, 1.82) is 0 Å². The zero-order valence-electron chi connectivity index (χ0n) is 8.29. The monoisotopic (exact) mass is 171 g/mol. The van der Waals surface area contributed by atoms with Crippen LogP contribution in [0.2, 0.25) is 0 Å². The Morgan fingerprint density at radius 1 is 1.50 bits per heavy atom. The number of nitrogens with zero attached hydrogens (tertiary/aromatic N) is 1. The highest BCUT2D eigenvalue weighted by molar-refractivity contribution is 4.74. The Kier molecular flexibility index (Phi) is 4.02. The van der Waals surface area contributed by atoms with Crippen molar-refractivity contribution in [3.8, 4) is 0 Å². The van der Waals surface area contributed by atoms with Crippen LogP contribution in [-0.4, -0.2) is 35.7 Å². The fourth-order valence-electron chi connectivity index (χ4n) is 1.75. The second-order valence-corrected chi connectivity index (χ2v) is 4.00. The van der Waals surface area contributed by atoms with Gasteiger partial charge in [-0.25, -0.2) is 0 Å². The van der Waals surface area contributed by atoms with Gasteiger partial charge >= 0.3 is 0 Å². The second-order valence-electron chi connectivity index (χ2n) is 4.00. The van der Waals surface area contributed by atoms with Gasteiger partial charge in [0, 0.05) is 13.1 Å². The van der Waals surface area contributed by atoms with E-state index in [0.29, 0.717) is 0 Å². The van der Waals surface area contributed by atoms with E-state index >= 15 is 0 Å². The Hall–Kier alpha value is -0.0800. The molecule has 0 aliphatic heterocycles. The molecule has 12 heavy (non-hydrogen) atoms. The smallest absolute Gasteiger partial charge is 0.0639 e. The highest BCUT2D eigenvalue weighted by atomic mass is 16.3. The molecule has 0 heterocycles. The maximum atomic E-state index is 9.22. The summed E-state index contributed by atoms with van der Waals surface area (Å²) in [7, 11) is 0. The molecule has 1 aliphatic carbocycles. The average Bonchev–Trinajstić information content (AvgIpc) is 1.93. The maximum Gasteiger partial charge on any atom is 0.0639 e. The topological polar surface area (TPSA) is 23.5 Å². The normalized spacial score (nSPS) is 21.0. The third kappa shape index (κ3) is 3.11. The summed E-state index contributed by atoms with van der Waals surface area (Å²) >= 11 is 0. The lowest BCUT2D eigenvalue weighted by Crippen LogP contribution is -2.36. The first-order valence-electron chi connectivity index (χ1n) is 5.12. The van der Waals surface area contributed by atoms with Gasteiger partial charge in [-0.2, -0.15) is 0 Å². The Labute approximate surface area is 75.6 Å². The maximum absolute atomic E-state index is 9.22. The molecule has 1 fully saturated rings. The highest BCUT2D eigenvalue weighted by Gasteiger charge is 2.20. The van der Waals surface area contributed by atoms with Crippen molar-refractivity contribution in [2.75, 3.05) is 19.6 Å². The molecule has 0 amide bonds. The number of likely N-dealkylation sites (N-methyl/N-ethyl adjacent to an activating group) is 1. The Morgan fingerprint density at radius 2 is 2.17 bits per heavy atom. The summed E-state index contributed by atoms with van der Waals surface area (Å²) in [5, 5.41) is 9.22. The summed E-state index contributed by atoms with van der Waals surface area (Å²) in [6, 6.07) is 0. The van der Waals surface area contributed by atoms with Crippen LogP contribution in [0, 0.1) is 5.92 Å².